The number of hydrogen-bond donors (Lipinski definition) is 0. The second-order valence-electron chi connectivity index (χ2n) is 7.40. The van der Waals surface area contributed by atoms with Crippen LogP contribution in [0.4, 0.5) is 10.5 Å². The average molecular weight is 512 g/mol. The highest BCUT2D eigenvalue weighted by molar-refractivity contribution is 9.11. The van der Waals surface area contributed by atoms with E-state index in [1.54, 1.807) is 50.2 Å². The van der Waals surface area contributed by atoms with E-state index >= 15 is 0 Å². The quantitative estimate of drug-likeness (QED) is 0.392. The third kappa shape index (κ3) is 4.72. The van der Waals surface area contributed by atoms with Crippen LogP contribution in [-0.4, -0.2) is 29.2 Å². The van der Waals surface area contributed by atoms with E-state index in [0.717, 1.165) is 24.1 Å². The van der Waals surface area contributed by atoms with E-state index in [4.69, 9.17) is 9.47 Å². The minimum Gasteiger partial charge on any atom is -0.428 e. The van der Waals surface area contributed by atoms with Crippen molar-refractivity contribution in [1.82, 2.24) is 4.98 Å². The monoisotopic (exact) mass is 510 g/mol. The lowest BCUT2D eigenvalue weighted by Gasteiger charge is -2.29. The maximum absolute atomic E-state index is 13.1. The summed E-state index contributed by atoms with van der Waals surface area (Å²) in [6, 6.07) is 5.22. The number of carbonyl (C=O) groups is 2. The molecule has 1 aliphatic heterocycles. The molecule has 0 fully saturated rings. The molecule has 8 heteroatoms. The van der Waals surface area contributed by atoms with Gasteiger partial charge in [0.25, 0.3) is 5.91 Å². The predicted octanol–water partition coefficient (Wildman–Crippen LogP) is 5.51. The molecule has 6 nitrogen and oxygen atoms in total. The zero-order chi connectivity index (χ0) is 20.5. The van der Waals surface area contributed by atoms with Crippen molar-refractivity contribution in [3.63, 3.8) is 0 Å². The van der Waals surface area contributed by atoms with Crippen LogP contribution in [0.25, 0.3) is 0 Å². The van der Waals surface area contributed by atoms with Crippen molar-refractivity contribution in [2.45, 2.75) is 39.2 Å². The molecular formula is C20H20Br2N2O4. The Labute approximate surface area is 180 Å². The van der Waals surface area contributed by atoms with Crippen molar-refractivity contribution in [3.8, 4) is 5.75 Å². The van der Waals surface area contributed by atoms with Gasteiger partial charge in [-0.3, -0.25) is 9.78 Å². The number of pyridine rings is 1. The third-order valence-electron chi connectivity index (χ3n) is 4.07. The first-order valence-electron chi connectivity index (χ1n) is 8.80. The van der Waals surface area contributed by atoms with Gasteiger partial charge in [0.15, 0.2) is 5.75 Å². The molecule has 0 radical (unpaired) electrons. The number of fused-ring (bicyclic) bond motifs is 1. The van der Waals surface area contributed by atoms with E-state index in [2.05, 4.69) is 36.8 Å². The SMILES string of the molecule is CC(C)(C)OC(=O)Oc1c(Br)cc(C(=O)N2CCCc3ccncc32)cc1Br. The molecule has 148 valence electrons. The molecule has 0 aliphatic carbocycles. The Bertz CT molecular complexity index is 902. The van der Waals surface area contributed by atoms with Gasteiger partial charge in [0, 0.05) is 18.3 Å². The lowest BCUT2D eigenvalue weighted by molar-refractivity contribution is 0.0203. The van der Waals surface area contributed by atoms with Crippen molar-refractivity contribution in [2.75, 3.05) is 11.4 Å². The molecule has 0 saturated carbocycles. The predicted molar refractivity (Wildman–Crippen MR) is 113 cm³/mol. The number of ether oxygens (including phenoxy) is 2. The van der Waals surface area contributed by atoms with Crippen molar-refractivity contribution in [2.24, 2.45) is 0 Å². The first kappa shape index (κ1) is 20.8. The van der Waals surface area contributed by atoms with Crippen LogP contribution in [0.15, 0.2) is 39.5 Å². The second kappa shape index (κ2) is 8.21. The fraction of sp³-hybridized carbons (Fsp3) is 0.350. The molecule has 2 heterocycles. The summed E-state index contributed by atoms with van der Waals surface area (Å²) in [7, 11) is 0. The summed E-state index contributed by atoms with van der Waals surface area (Å²) in [6.45, 7) is 5.89. The first-order valence-corrected chi connectivity index (χ1v) is 10.4. The van der Waals surface area contributed by atoms with Gasteiger partial charge in [0.2, 0.25) is 0 Å². The summed E-state index contributed by atoms with van der Waals surface area (Å²) >= 11 is 6.77. The smallest absolute Gasteiger partial charge is 0.428 e. The van der Waals surface area contributed by atoms with Gasteiger partial charge in [-0.15, -0.1) is 0 Å². The molecule has 0 unspecified atom stereocenters. The molecule has 0 N–H and O–H groups in total. The number of aromatic nitrogens is 1. The molecule has 0 atom stereocenters. The summed E-state index contributed by atoms with van der Waals surface area (Å²) in [4.78, 5) is 31.0. The minimum atomic E-state index is -0.816. The first-order chi connectivity index (χ1) is 13.2. The number of amides is 1. The highest BCUT2D eigenvalue weighted by Gasteiger charge is 2.26. The summed E-state index contributed by atoms with van der Waals surface area (Å²) in [6.07, 6.45) is 4.46. The summed E-state index contributed by atoms with van der Waals surface area (Å²) in [5, 5.41) is 0. The number of benzene rings is 1. The zero-order valence-electron chi connectivity index (χ0n) is 15.8. The van der Waals surface area contributed by atoms with Gasteiger partial charge >= 0.3 is 6.16 Å². The topological polar surface area (TPSA) is 68.7 Å². The molecule has 1 aliphatic rings. The van der Waals surface area contributed by atoms with Crippen LogP contribution < -0.4 is 9.64 Å². The Hall–Kier alpha value is -1.93. The number of anilines is 1. The molecule has 1 aromatic heterocycles. The number of rotatable bonds is 2. The van der Waals surface area contributed by atoms with E-state index < -0.39 is 11.8 Å². The molecule has 0 bridgehead atoms. The molecule has 1 amide bonds. The molecule has 1 aromatic carbocycles. The van der Waals surface area contributed by atoms with Crippen LogP contribution >= 0.6 is 31.9 Å². The molecule has 0 spiro atoms. The molecule has 0 saturated heterocycles. The van der Waals surface area contributed by atoms with Crippen molar-refractivity contribution >= 4 is 49.6 Å². The number of hydrogen-bond acceptors (Lipinski definition) is 5. The second-order valence-corrected chi connectivity index (χ2v) is 9.11. The highest BCUT2D eigenvalue weighted by atomic mass is 79.9. The van der Waals surface area contributed by atoms with Gasteiger partial charge in [-0.1, -0.05) is 0 Å². The highest BCUT2D eigenvalue weighted by Crippen LogP contribution is 2.36. The van der Waals surface area contributed by atoms with Gasteiger partial charge in [0.05, 0.1) is 20.8 Å². The van der Waals surface area contributed by atoms with E-state index in [9.17, 15) is 9.59 Å². The zero-order valence-corrected chi connectivity index (χ0v) is 19.0. The molecule has 28 heavy (non-hydrogen) atoms. The van der Waals surface area contributed by atoms with E-state index in [0.29, 0.717) is 21.1 Å². The van der Waals surface area contributed by atoms with E-state index in [1.165, 1.54) is 0 Å². The summed E-state index contributed by atoms with van der Waals surface area (Å²) < 4.78 is 11.4. The van der Waals surface area contributed by atoms with Gasteiger partial charge in [-0.25, -0.2) is 4.79 Å². The van der Waals surface area contributed by atoms with Crippen molar-refractivity contribution in [1.29, 1.82) is 0 Å². The maximum Gasteiger partial charge on any atom is 0.514 e. The maximum atomic E-state index is 13.1. The number of nitrogens with zero attached hydrogens (tertiary/aromatic N) is 2. The van der Waals surface area contributed by atoms with Crippen LogP contribution in [0.3, 0.4) is 0 Å². The standard InChI is InChI=1S/C20H20Br2N2O4/c1-20(2,3)28-19(26)27-17-14(21)9-13(10-15(17)22)18(25)24-8-4-5-12-6-7-23-11-16(12)24/h6-7,9-11H,4-5,8H2,1-3H3. The van der Waals surface area contributed by atoms with Crippen LogP contribution in [-0.2, 0) is 11.2 Å². The lowest BCUT2D eigenvalue weighted by Crippen LogP contribution is -2.35. The van der Waals surface area contributed by atoms with E-state index in [1.807, 2.05) is 6.07 Å². The Balaban J connectivity index is 1.85. The van der Waals surface area contributed by atoms with Crippen LogP contribution in [0.5, 0.6) is 5.75 Å². The molecular weight excluding hydrogens is 492 g/mol. The Morgan fingerprint density at radius 3 is 2.50 bits per heavy atom. The van der Waals surface area contributed by atoms with Crippen molar-refractivity contribution < 1.29 is 19.1 Å². The number of halogens is 2. The largest absolute Gasteiger partial charge is 0.514 e. The van der Waals surface area contributed by atoms with Crippen molar-refractivity contribution in [3.05, 3.63) is 50.7 Å². The van der Waals surface area contributed by atoms with Crippen LogP contribution in [0.2, 0.25) is 0 Å². The summed E-state index contributed by atoms with van der Waals surface area (Å²) in [5.74, 6) is 0.116. The lowest BCUT2D eigenvalue weighted by atomic mass is 10.0. The van der Waals surface area contributed by atoms with Crippen LogP contribution in [0, 0.1) is 0 Å². The van der Waals surface area contributed by atoms with Gasteiger partial charge in [-0.2, -0.15) is 0 Å². The summed E-state index contributed by atoms with van der Waals surface area (Å²) in [5.41, 5.74) is 1.74. The van der Waals surface area contributed by atoms with E-state index in [-0.39, 0.29) is 11.7 Å². The Kier molecular flexibility index (Phi) is 6.09. The minimum absolute atomic E-state index is 0.140. The third-order valence-corrected chi connectivity index (χ3v) is 5.25. The fourth-order valence-corrected chi connectivity index (χ4v) is 4.27. The number of aryl methyl sites for hydroxylation is 1. The van der Waals surface area contributed by atoms with Gasteiger partial charge in [-0.05, 0) is 89.2 Å². The Morgan fingerprint density at radius 2 is 1.86 bits per heavy atom. The Morgan fingerprint density at radius 1 is 1.18 bits per heavy atom. The molecule has 3 rings (SSSR count). The fourth-order valence-electron chi connectivity index (χ4n) is 2.92. The molecule has 2 aromatic rings. The van der Waals surface area contributed by atoms with Gasteiger partial charge < -0.3 is 14.4 Å². The normalized spacial score (nSPS) is 13.7. The van der Waals surface area contributed by atoms with Gasteiger partial charge in [0.1, 0.15) is 5.60 Å². The average Bonchev–Trinajstić information content (AvgIpc) is 2.62. The number of carbonyl (C=O) groups excluding carboxylic acids is 2. The van der Waals surface area contributed by atoms with Crippen LogP contribution in [0.1, 0.15) is 43.1 Å².